The van der Waals surface area contributed by atoms with E-state index in [9.17, 15) is 4.79 Å². The molecule has 8 heteroatoms. The standard InChI is InChI=1S/C20H23N5O2.ClH/c1-20(2,3)17-15-9-14(11-23-18(15)27-24-17)19(26)25-8-7-22-12-16(25)13-5-4-6-21-10-13;/h4-6,9-11,16,22H,7-8,12H2,1-3H3;1H. The zero-order valence-electron chi connectivity index (χ0n) is 16.2. The summed E-state index contributed by atoms with van der Waals surface area (Å²) in [6.45, 7) is 8.28. The van der Waals surface area contributed by atoms with Crippen molar-refractivity contribution in [2.45, 2.75) is 32.2 Å². The van der Waals surface area contributed by atoms with E-state index in [0.717, 1.165) is 23.2 Å². The lowest BCUT2D eigenvalue weighted by atomic mass is 9.90. The smallest absolute Gasteiger partial charge is 0.257 e. The topological polar surface area (TPSA) is 84.2 Å². The third-order valence-electron chi connectivity index (χ3n) is 4.86. The lowest BCUT2D eigenvalue weighted by molar-refractivity contribution is 0.0633. The second kappa shape index (κ2) is 7.85. The largest absolute Gasteiger partial charge is 0.336 e. The highest BCUT2D eigenvalue weighted by Gasteiger charge is 2.30. The van der Waals surface area contributed by atoms with Gasteiger partial charge in [0.25, 0.3) is 11.6 Å². The van der Waals surface area contributed by atoms with Crippen LogP contribution in [0.2, 0.25) is 0 Å². The first kappa shape index (κ1) is 20.2. The van der Waals surface area contributed by atoms with Gasteiger partial charge in [-0.25, -0.2) is 4.98 Å². The third-order valence-corrected chi connectivity index (χ3v) is 4.86. The van der Waals surface area contributed by atoms with Crippen molar-refractivity contribution >= 4 is 29.4 Å². The highest BCUT2D eigenvalue weighted by atomic mass is 35.5. The van der Waals surface area contributed by atoms with Crippen LogP contribution < -0.4 is 5.32 Å². The van der Waals surface area contributed by atoms with Crippen molar-refractivity contribution in [1.82, 2.24) is 25.3 Å². The van der Waals surface area contributed by atoms with Gasteiger partial charge < -0.3 is 14.7 Å². The Morgan fingerprint density at radius 1 is 1.32 bits per heavy atom. The van der Waals surface area contributed by atoms with Crippen molar-refractivity contribution in [3.05, 3.63) is 53.6 Å². The predicted octanol–water partition coefficient (Wildman–Crippen LogP) is 3.12. The maximum atomic E-state index is 13.3. The SMILES string of the molecule is CC(C)(C)c1noc2ncc(C(=O)N3CCNCC3c3cccnc3)cc12.Cl. The number of nitrogens with one attached hydrogen (secondary N) is 1. The number of piperazine rings is 1. The van der Waals surface area contributed by atoms with Crippen molar-refractivity contribution in [3.8, 4) is 0 Å². The Morgan fingerprint density at radius 2 is 2.14 bits per heavy atom. The normalized spacial score (nSPS) is 17.4. The molecule has 3 aromatic heterocycles. The van der Waals surface area contributed by atoms with Crippen LogP contribution in [0, 0.1) is 0 Å². The van der Waals surface area contributed by atoms with E-state index in [0.29, 0.717) is 24.4 Å². The molecule has 28 heavy (non-hydrogen) atoms. The molecular formula is C20H24ClN5O2. The second-order valence-corrected chi connectivity index (χ2v) is 7.86. The van der Waals surface area contributed by atoms with Gasteiger partial charge in [-0.05, 0) is 17.7 Å². The summed E-state index contributed by atoms with van der Waals surface area (Å²) in [7, 11) is 0. The average Bonchev–Trinajstić information content (AvgIpc) is 3.12. The number of pyridine rings is 2. The van der Waals surface area contributed by atoms with E-state index in [1.54, 1.807) is 12.4 Å². The van der Waals surface area contributed by atoms with Gasteiger partial charge in [-0.3, -0.25) is 9.78 Å². The summed E-state index contributed by atoms with van der Waals surface area (Å²) in [6.07, 6.45) is 5.13. The Balaban J connectivity index is 0.00000225. The summed E-state index contributed by atoms with van der Waals surface area (Å²) >= 11 is 0. The van der Waals surface area contributed by atoms with Crippen molar-refractivity contribution < 1.29 is 9.32 Å². The predicted molar refractivity (Wildman–Crippen MR) is 109 cm³/mol. The van der Waals surface area contributed by atoms with Crippen LogP contribution in [0.1, 0.15) is 48.4 Å². The van der Waals surface area contributed by atoms with Gasteiger partial charge in [-0.1, -0.05) is 32.0 Å². The number of halogens is 1. The Hall–Kier alpha value is -2.51. The maximum Gasteiger partial charge on any atom is 0.257 e. The number of amides is 1. The van der Waals surface area contributed by atoms with Gasteiger partial charge in [0.2, 0.25) is 0 Å². The van der Waals surface area contributed by atoms with Gasteiger partial charge in [0.1, 0.15) is 0 Å². The molecule has 0 aliphatic carbocycles. The third kappa shape index (κ3) is 3.72. The highest BCUT2D eigenvalue weighted by molar-refractivity contribution is 5.97. The van der Waals surface area contributed by atoms with Gasteiger partial charge in [-0.2, -0.15) is 0 Å². The summed E-state index contributed by atoms with van der Waals surface area (Å²) in [4.78, 5) is 23.7. The first-order chi connectivity index (χ1) is 12.9. The van der Waals surface area contributed by atoms with Gasteiger partial charge >= 0.3 is 0 Å². The van der Waals surface area contributed by atoms with Crippen LogP contribution in [-0.2, 0) is 5.41 Å². The Labute approximate surface area is 169 Å². The van der Waals surface area contributed by atoms with Crippen LogP contribution in [0.4, 0.5) is 0 Å². The van der Waals surface area contributed by atoms with Crippen molar-refractivity contribution in [3.63, 3.8) is 0 Å². The minimum Gasteiger partial charge on any atom is -0.336 e. The van der Waals surface area contributed by atoms with Crippen molar-refractivity contribution in [1.29, 1.82) is 0 Å². The molecule has 1 aliphatic heterocycles. The zero-order valence-corrected chi connectivity index (χ0v) is 17.0. The summed E-state index contributed by atoms with van der Waals surface area (Å²) in [5.74, 6) is -0.0409. The van der Waals surface area contributed by atoms with E-state index in [1.807, 2.05) is 29.3 Å². The van der Waals surface area contributed by atoms with Crippen molar-refractivity contribution in [2.75, 3.05) is 19.6 Å². The number of carbonyl (C=O) groups excluding carboxylic acids is 1. The molecule has 0 aromatic carbocycles. The molecule has 4 heterocycles. The Bertz CT molecular complexity index is 968. The molecule has 0 bridgehead atoms. The molecule has 1 saturated heterocycles. The lowest BCUT2D eigenvalue weighted by Crippen LogP contribution is -2.48. The monoisotopic (exact) mass is 401 g/mol. The number of rotatable bonds is 2. The minimum atomic E-state index is -0.193. The van der Waals surface area contributed by atoms with E-state index in [2.05, 4.69) is 41.2 Å². The summed E-state index contributed by atoms with van der Waals surface area (Å²) in [5, 5.41) is 8.32. The molecular weight excluding hydrogens is 378 g/mol. The summed E-state index contributed by atoms with van der Waals surface area (Å²) in [5.41, 5.74) is 2.64. The fourth-order valence-electron chi connectivity index (χ4n) is 3.47. The molecule has 4 rings (SSSR count). The van der Waals surface area contributed by atoms with Crippen LogP contribution in [0.5, 0.6) is 0 Å². The molecule has 1 amide bonds. The second-order valence-electron chi connectivity index (χ2n) is 7.86. The molecule has 148 valence electrons. The molecule has 7 nitrogen and oxygen atoms in total. The van der Waals surface area contributed by atoms with Crippen LogP contribution >= 0.6 is 12.4 Å². The van der Waals surface area contributed by atoms with Gasteiger partial charge in [0, 0.05) is 43.6 Å². The van der Waals surface area contributed by atoms with Crippen LogP contribution in [0.25, 0.3) is 11.1 Å². The van der Waals surface area contributed by atoms with Crippen LogP contribution in [0.15, 0.2) is 41.3 Å². The molecule has 1 atom stereocenters. The van der Waals surface area contributed by atoms with E-state index in [1.165, 1.54) is 0 Å². The first-order valence-corrected chi connectivity index (χ1v) is 9.12. The molecule has 1 aliphatic rings. The van der Waals surface area contributed by atoms with Gasteiger partial charge in [0.15, 0.2) is 0 Å². The summed E-state index contributed by atoms with van der Waals surface area (Å²) < 4.78 is 5.34. The molecule has 1 fully saturated rings. The summed E-state index contributed by atoms with van der Waals surface area (Å²) in [6, 6.07) is 5.70. The van der Waals surface area contributed by atoms with E-state index in [-0.39, 0.29) is 29.8 Å². The molecule has 1 N–H and O–H groups in total. The number of nitrogens with zero attached hydrogens (tertiary/aromatic N) is 4. The van der Waals surface area contributed by atoms with Gasteiger partial charge in [0.05, 0.1) is 22.7 Å². The maximum absolute atomic E-state index is 13.3. The zero-order chi connectivity index (χ0) is 19.0. The van der Waals surface area contributed by atoms with Crippen molar-refractivity contribution in [2.24, 2.45) is 0 Å². The molecule has 1 unspecified atom stereocenters. The van der Waals surface area contributed by atoms with E-state index < -0.39 is 0 Å². The first-order valence-electron chi connectivity index (χ1n) is 9.12. The molecule has 0 spiro atoms. The minimum absolute atomic E-state index is 0. The fraction of sp³-hybridized carbons (Fsp3) is 0.400. The van der Waals surface area contributed by atoms with Crippen LogP contribution in [0.3, 0.4) is 0 Å². The van der Waals surface area contributed by atoms with E-state index >= 15 is 0 Å². The molecule has 0 saturated carbocycles. The number of aromatic nitrogens is 3. The average molecular weight is 402 g/mol. The fourth-order valence-corrected chi connectivity index (χ4v) is 3.47. The lowest BCUT2D eigenvalue weighted by Gasteiger charge is -2.36. The molecule has 3 aromatic rings. The quantitative estimate of drug-likeness (QED) is 0.710. The van der Waals surface area contributed by atoms with E-state index in [4.69, 9.17) is 4.52 Å². The number of hydrogen-bond donors (Lipinski definition) is 1. The highest BCUT2D eigenvalue weighted by Crippen LogP contribution is 2.30. The van der Waals surface area contributed by atoms with Gasteiger partial charge in [-0.15, -0.1) is 12.4 Å². The Kier molecular flexibility index (Phi) is 5.67. The van der Waals surface area contributed by atoms with Crippen LogP contribution in [-0.4, -0.2) is 45.6 Å². The number of fused-ring (bicyclic) bond motifs is 1. The number of hydrogen-bond acceptors (Lipinski definition) is 6. The Morgan fingerprint density at radius 3 is 2.86 bits per heavy atom. The molecule has 0 radical (unpaired) electrons. The number of carbonyl (C=O) groups is 1.